The number of hydrogen-bond acceptors (Lipinski definition) is 3. The van der Waals surface area contributed by atoms with Crippen molar-refractivity contribution in [3.63, 3.8) is 0 Å². The van der Waals surface area contributed by atoms with E-state index in [9.17, 15) is 4.79 Å². The van der Waals surface area contributed by atoms with E-state index < -0.39 is 0 Å². The molecule has 0 amide bonds. The van der Waals surface area contributed by atoms with Gasteiger partial charge in [-0.3, -0.25) is 4.79 Å². The number of hydrogen-bond donors (Lipinski definition) is 0. The molecule has 0 aliphatic rings. The minimum Gasteiger partial charge on any atom is -0.399 e. The standard InChI is InChI=1S/C10H10INO2/c1-14-12-7-6-10(13)8-2-4-9(11)5-3-8/h2-5,7H,6H2,1H3/b12-7+. The molecule has 0 heterocycles. The van der Waals surface area contributed by atoms with Gasteiger partial charge in [0, 0.05) is 15.6 Å². The molecule has 1 aromatic carbocycles. The summed E-state index contributed by atoms with van der Waals surface area (Å²) in [5, 5.41) is 3.51. The van der Waals surface area contributed by atoms with Crippen LogP contribution in [-0.2, 0) is 4.84 Å². The largest absolute Gasteiger partial charge is 0.399 e. The molecule has 0 radical (unpaired) electrons. The lowest BCUT2D eigenvalue weighted by molar-refractivity contribution is 0.1000. The van der Waals surface area contributed by atoms with Crippen molar-refractivity contribution in [2.45, 2.75) is 6.42 Å². The van der Waals surface area contributed by atoms with Gasteiger partial charge in [0.25, 0.3) is 0 Å². The fraction of sp³-hybridized carbons (Fsp3) is 0.200. The number of nitrogens with zero attached hydrogens (tertiary/aromatic N) is 1. The Bertz CT molecular complexity index is 332. The van der Waals surface area contributed by atoms with E-state index in [4.69, 9.17) is 0 Å². The van der Waals surface area contributed by atoms with E-state index in [1.54, 1.807) is 0 Å². The van der Waals surface area contributed by atoms with Crippen LogP contribution >= 0.6 is 22.6 Å². The van der Waals surface area contributed by atoms with Gasteiger partial charge in [0.15, 0.2) is 5.78 Å². The van der Waals surface area contributed by atoms with Crippen LogP contribution in [0.3, 0.4) is 0 Å². The van der Waals surface area contributed by atoms with Gasteiger partial charge in [0.05, 0.1) is 6.21 Å². The molecule has 74 valence electrons. The number of rotatable bonds is 4. The summed E-state index contributed by atoms with van der Waals surface area (Å²) < 4.78 is 1.12. The molecule has 1 aromatic rings. The molecule has 0 bridgehead atoms. The highest BCUT2D eigenvalue weighted by molar-refractivity contribution is 14.1. The van der Waals surface area contributed by atoms with Crippen molar-refractivity contribution in [1.82, 2.24) is 0 Å². The monoisotopic (exact) mass is 303 g/mol. The lowest BCUT2D eigenvalue weighted by atomic mass is 10.1. The zero-order chi connectivity index (χ0) is 10.4. The Kier molecular flexibility index (Phi) is 4.58. The molecule has 0 aromatic heterocycles. The van der Waals surface area contributed by atoms with Crippen molar-refractivity contribution < 1.29 is 9.63 Å². The first kappa shape index (κ1) is 11.2. The minimum atomic E-state index is 0.0437. The zero-order valence-electron chi connectivity index (χ0n) is 7.74. The van der Waals surface area contributed by atoms with Gasteiger partial charge < -0.3 is 4.84 Å². The molecule has 0 saturated carbocycles. The van der Waals surface area contributed by atoms with Crippen molar-refractivity contribution >= 4 is 34.6 Å². The molecule has 3 nitrogen and oxygen atoms in total. The first-order chi connectivity index (χ1) is 6.74. The molecule has 0 spiro atoms. The average molecular weight is 303 g/mol. The van der Waals surface area contributed by atoms with Crippen LogP contribution in [0.25, 0.3) is 0 Å². The number of ketones is 1. The Hall–Kier alpha value is -0.910. The lowest BCUT2D eigenvalue weighted by Gasteiger charge is -1.96. The van der Waals surface area contributed by atoms with Gasteiger partial charge in [0.1, 0.15) is 7.11 Å². The summed E-state index contributed by atoms with van der Waals surface area (Å²) in [5.41, 5.74) is 0.702. The van der Waals surface area contributed by atoms with Gasteiger partial charge in [-0.1, -0.05) is 17.3 Å². The van der Waals surface area contributed by atoms with Crippen molar-refractivity contribution in [2.24, 2.45) is 5.16 Å². The molecule has 14 heavy (non-hydrogen) atoms. The molecule has 0 aliphatic carbocycles. The maximum absolute atomic E-state index is 11.5. The van der Waals surface area contributed by atoms with E-state index in [2.05, 4.69) is 32.6 Å². The van der Waals surface area contributed by atoms with Gasteiger partial charge in [0.2, 0.25) is 0 Å². The van der Waals surface area contributed by atoms with Gasteiger partial charge in [-0.25, -0.2) is 0 Å². The summed E-state index contributed by atoms with van der Waals surface area (Å²) in [6.45, 7) is 0. The highest BCUT2D eigenvalue weighted by atomic mass is 127. The molecule has 0 unspecified atom stereocenters. The van der Waals surface area contributed by atoms with E-state index in [1.807, 2.05) is 24.3 Å². The Balaban J connectivity index is 2.61. The quantitative estimate of drug-likeness (QED) is 0.371. The average Bonchev–Trinajstić information content (AvgIpc) is 2.19. The van der Waals surface area contributed by atoms with Crippen LogP contribution in [0, 0.1) is 3.57 Å². The van der Waals surface area contributed by atoms with Crippen molar-refractivity contribution in [3.8, 4) is 0 Å². The summed E-state index contributed by atoms with van der Waals surface area (Å²) in [6, 6.07) is 7.43. The van der Waals surface area contributed by atoms with Crippen LogP contribution in [0.5, 0.6) is 0 Å². The number of benzene rings is 1. The third-order valence-electron chi connectivity index (χ3n) is 1.62. The van der Waals surface area contributed by atoms with E-state index in [0.29, 0.717) is 5.56 Å². The molecule has 1 rings (SSSR count). The van der Waals surface area contributed by atoms with Crippen LogP contribution in [0.2, 0.25) is 0 Å². The van der Waals surface area contributed by atoms with Crippen LogP contribution in [0.1, 0.15) is 16.8 Å². The molecule has 0 aliphatic heterocycles. The second-order valence-electron chi connectivity index (χ2n) is 2.60. The van der Waals surface area contributed by atoms with Gasteiger partial charge in [-0.15, -0.1) is 0 Å². The van der Waals surface area contributed by atoms with Crippen molar-refractivity contribution in [1.29, 1.82) is 0 Å². The molecule has 0 fully saturated rings. The zero-order valence-corrected chi connectivity index (χ0v) is 9.89. The second kappa shape index (κ2) is 5.74. The van der Waals surface area contributed by atoms with Crippen molar-refractivity contribution in [2.75, 3.05) is 7.11 Å². The SMILES string of the molecule is CO/N=C/CC(=O)c1ccc(I)cc1. The van der Waals surface area contributed by atoms with Gasteiger partial charge >= 0.3 is 0 Å². The first-order valence-electron chi connectivity index (χ1n) is 4.08. The number of oxime groups is 1. The summed E-state index contributed by atoms with van der Waals surface area (Å²) in [4.78, 5) is 15.9. The Morgan fingerprint density at radius 1 is 1.50 bits per heavy atom. The summed E-state index contributed by atoms with van der Waals surface area (Å²) >= 11 is 2.20. The normalized spacial score (nSPS) is 10.4. The minimum absolute atomic E-state index is 0.0437. The fourth-order valence-electron chi connectivity index (χ4n) is 0.948. The maximum atomic E-state index is 11.5. The Morgan fingerprint density at radius 3 is 2.71 bits per heavy atom. The predicted octanol–water partition coefficient (Wildman–Crippen LogP) is 2.50. The first-order valence-corrected chi connectivity index (χ1v) is 5.15. The predicted molar refractivity (Wildman–Crippen MR) is 63.6 cm³/mol. The number of halogens is 1. The molecular weight excluding hydrogens is 293 g/mol. The summed E-state index contributed by atoms with van der Waals surface area (Å²) in [5.74, 6) is 0.0437. The second-order valence-corrected chi connectivity index (χ2v) is 3.85. The lowest BCUT2D eigenvalue weighted by Crippen LogP contribution is -1.99. The number of Topliss-reactive ketones (excluding diaryl/α,β-unsaturated/α-hetero) is 1. The highest BCUT2D eigenvalue weighted by Crippen LogP contribution is 2.08. The summed E-state index contributed by atoms with van der Waals surface area (Å²) in [7, 11) is 1.45. The fourth-order valence-corrected chi connectivity index (χ4v) is 1.31. The van der Waals surface area contributed by atoms with E-state index in [1.165, 1.54) is 13.3 Å². The number of carbonyl (C=O) groups is 1. The third-order valence-corrected chi connectivity index (χ3v) is 2.34. The molecule has 0 atom stereocenters. The molecule has 0 saturated heterocycles. The van der Waals surface area contributed by atoms with Gasteiger partial charge in [-0.2, -0.15) is 0 Å². The Labute approximate surface area is 96.3 Å². The van der Waals surface area contributed by atoms with Crippen LogP contribution in [-0.4, -0.2) is 19.1 Å². The van der Waals surface area contributed by atoms with E-state index in [0.717, 1.165) is 3.57 Å². The maximum Gasteiger partial charge on any atom is 0.168 e. The van der Waals surface area contributed by atoms with Crippen molar-refractivity contribution in [3.05, 3.63) is 33.4 Å². The van der Waals surface area contributed by atoms with Gasteiger partial charge in [-0.05, 0) is 34.7 Å². The van der Waals surface area contributed by atoms with Crippen LogP contribution in [0.4, 0.5) is 0 Å². The molecule has 0 N–H and O–H groups in total. The molecule has 4 heteroatoms. The van der Waals surface area contributed by atoms with Crippen LogP contribution in [0.15, 0.2) is 29.4 Å². The Morgan fingerprint density at radius 2 is 2.14 bits per heavy atom. The van der Waals surface area contributed by atoms with Crippen LogP contribution < -0.4 is 0 Å². The highest BCUT2D eigenvalue weighted by Gasteiger charge is 2.02. The summed E-state index contributed by atoms with van der Waals surface area (Å²) in [6.07, 6.45) is 1.73. The van der Waals surface area contributed by atoms with E-state index >= 15 is 0 Å². The molecular formula is C10H10INO2. The number of carbonyl (C=O) groups excluding carboxylic acids is 1. The van der Waals surface area contributed by atoms with E-state index in [-0.39, 0.29) is 12.2 Å². The smallest absolute Gasteiger partial charge is 0.168 e. The third kappa shape index (κ3) is 3.45. The topological polar surface area (TPSA) is 38.7 Å².